The van der Waals surface area contributed by atoms with E-state index in [1.165, 1.54) is 0 Å². The second-order valence-electron chi connectivity index (χ2n) is 6.85. The molecule has 0 saturated carbocycles. The number of nitrogens with one attached hydrogen (secondary N) is 1. The average Bonchev–Trinajstić information content (AvgIpc) is 2.94. The lowest BCUT2D eigenvalue weighted by molar-refractivity contribution is 0.0690. The summed E-state index contributed by atoms with van der Waals surface area (Å²) in [6.07, 6.45) is 3.20. The van der Waals surface area contributed by atoms with Gasteiger partial charge in [0, 0.05) is 24.1 Å². The Hall–Kier alpha value is -2.61. The molecule has 4 rings (SSSR count). The van der Waals surface area contributed by atoms with Crippen LogP contribution in [0.2, 0.25) is 5.02 Å². The van der Waals surface area contributed by atoms with Crippen LogP contribution in [0.4, 0.5) is 11.8 Å². The number of carbonyl (C=O) groups is 1. The van der Waals surface area contributed by atoms with Gasteiger partial charge in [0.05, 0.1) is 10.7 Å². The first-order valence-electron chi connectivity index (χ1n) is 8.43. The van der Waals surface area contributed by atoms with Crippen LogP contribution in [0.5, 0.6) is 0 Å². The van der Waals surface area contributed by atoms with Gasteiger partial charge >= 0.3 is 5.97 Å². The summed E-state index contributed by atoms with van der Waals surface area (Å²) in [5, 5.41) is 9.32. The van der Waals surface area contributed by atoms with Crippen LogP contribution in [-0.4, -0.2) is 39.1 Å². The molecule has 26 heavy (non-hydrogen) atoms. The molecule has 2 aromatic rings. The van der Waals surface area contributed by atoms with E-state index in [1.807, 2.05) is 4.90 Å². The summed E-state index contributed by atoms with van der Waals surface area (Å²) in [6, 6.07) is 3.29. The summed E-state index contributed by atoms with van der Waals surface area (Å²) in [6.45, 7) is 1.39. The second kappa shape index (κ2) is 5.98. The molecule has 1 aliphatic heterocycles. The summed E-state index contributed by atoms with van der Waals surface area (Å²) in [5.74, 6) is -0.393. The van der Waals surface area contributed by atoms with E-state index in [4.69, 9.17) is 17.3 Å². The van der Waals surface area contributed by atoms with Crippen LogP contribution < -0.4 is 16.2 Å². The Labute approximate surface area is 154 Å². The first-order valence-corrected chi connectivity index (χ1v) is 8.81. The average molecular weight is 376 g/mol. The fourth-order valence-electron chi connectivity index (χ4n) is 4.08. The van der Waals surface area contributed by atoms with Gasteiger partial charge in [0.1, 0.15) is 5.82 Å². The van der Waals surface area contributed by atoms with Crippen molar-refractivity contribution in [3.05, 3.63) is 44.5 Å². The fourth-order valence-corrected chi connectivity index (χ4v) is 4.26. The van der Waals surface area contributed by atoms with Crippen LogP contribution in [-0.2, 0) is 11.8 Å². The van der Waals surface area contributed by atoms with Crippen molar-refractivity contribution in [1.29, 1.82) is 0 Å². The van der Waals surface area contributed by atoms with E-state index in [0.717, 1.165) is 30.5 Å². The maximum absolute atomic E-state index is 12.1. The number of aromatic amines is 1. The smallest absolute Gasteiger partial charge is 0.356 e. The molecule has 0 unspecified atom stereocenters. The van der Waals surface area contributed by atoms with Crippen LogP contribution in [0.1, 0.15) is 41.0 Å². The molecule has 2 aliphatic rings. The first-order chi connectivity index (χ1) is 12.4. The quantitative estimate of drug-likeness (QED) is 0.727. The molecule has 1 fully saturated rings. The number of pyridine rings is 1. The van der Waals surface area contributed by atoms with E-state index in [0.29, 0.717) is 25.3 Å². The van der Waals surface area contributed by atoms with Gasteiger partial charge in [0.2, 0.25) is 5.95 Å². The number of H-pyrrole nitrogens is 1. The molecule has 1 spiro atoms. The van der Waals surface area contributed by atoms with Crippen molar-refractivity contribution in [2.45, 2.75) is 31.1 Å². The number of carboxylic acids is 1. The molecule has 0 bridgehead atoms. The molecule has 8 nitrogen and oxygen atoms in total. The lowest BCUT2D eigenvalue weighted by Gasteiger charge is -2.40. The SMILES string of the molecule is Nc1nc2c(c(=O)[nH]1)CCC21CCN(c2ccc(Cl)c(C(=O)O)n2)CC1. The lowest BCUT2D eigenvalue weighted by Crippen LogP contribution is -2.42. The molecular weight excluding hydrogens is 358 g/mol. The first kappa shape index (κ1) is 16.8. The summed E-state index contributed by atoms with van der Waals surface area (Å²) in [5.41, 5.74) is 6.89. The molecule has 3 heterocycles. The van der Waals surface area contributed by atoms with Gasteiger partial charge in [-0.1, -0.05) is 11.6 Å². The number of aromatic nitrogens is 3. The minimum atomic E-state index is -1.14. The van der Waals surface area contributed by atoms with E-state index in [-0.39, 0.29) is 27.6 Å². The van der Waals surface area contributed by atoms with E-state index in [1.54, 1.807) is 12.1 Å². The van der Waals surface area contributed by atoms with Crippen LogP contribution in [0, 0.1) is 0 Å². The zero-order valence-corrected chi connectivity index (χ0v) is 14.7. The Morgan fingerprint density at radius 1 is 1.27 bits per heavy atom. The Kier molecular flexibility index (Phi) is 3.87. The Morgan fingerprint density at radius 3 is 2.69 bits per heavy atom. The predicted molar refractivity (Wildman–Crippen MR) is 96.9 cm³/mol. The molecular formula is C17H18ClN5O3. The Balaban J connectivity index is 1.59. The van der Waals surface area contributed by atoms with E-state index in [9.17, 15) is 14.7 Å². The monoisotopic (exact) mass is 375 g/mol. The van der Waals surface area contributed by atoms with E-state index in [2.05, 4.69) is 15.0 Å². The highest BCUT2D eigenvalue weighted by Crippen LogP contribution is 2.44. The van der Waals surface area contributed by atoms with Crippen molar-refractivity contribution < 1.29 is 9.90 Å². The predicted octanol–water partition coefficient (Wildman–Crippen LogP) is 1.58. The number of nitrogen functional groups attached to an aromatic ring is 1. The number of halogens is 1. The molecule has 1 saturated heterocycles. The van der Waals surface area contributed by atoms with Gasteiger partial charge in [0.15, 0.2) is 5.69 Å². The van der Waals surface area contributed by atoms with E-state index < -0.39 is 5.97 Å². The van der Waals surface area contributed by atoms with Crippen LogP contribution in [0.3, 0.4) is 0 Å². The number of hydrogen-bond acceptors (Lipinski definition) is 6. The van der Waals surface area contributed by atoms with Crippen molar-refractivity contribution in [3.8, 4) is 0 Å². The highest BCUT2D eigenvalue weighted by molar-refractivity contribution is 6.33. The van der Waals surface area contributed by atoms with Crippen molar-refractivity contribution in [2.24, 2.45) is 0 Å². The Morgan fingerprint density at radius 2 is 2.00 bits per heavy atom. The third-order valence-electron chi connectivity index (χ3n) is 5.47. The van der Waals surface area contributed by atoms with Crippen molar-refractivity contribution in [1.82, 2.24) is 15.0 Å². The minimum absolute atomic E-state index is 0.123. The van der Waals surface area contributed by atoms with Crippen LogP contribution in [0.15, 0.2) is 16.9 Å². The number of aromatic carboxylic acids is 1. The van der Waals surface area contributed by atoms with Crippen LogP contribution in [0.25, 0.3) is 0 Å². The molecule has 0 amide bonds. The standard InChI is InChI=1S/C17H18ClN5O3/c18-10-1-2-11(20-12(10)15(25)26)23-7-5-17(6-8-23)4-3-9-13(17)21-16(19)22-14(9)24/h1-2H,3-8H2,(H,25,26)(H3,19,21,22,24). The largest absolute Gasteiger partial charge is 0.476 e. The van der Waals surface area contributed by atoms with Gasteiger partial charge in [-0.3, -0.25) is 9.78 Å². The number of nitrogens with two attached hydrogens (primary N) is 1. The summed E-state index contributed by atoms with van der Waals surface area (Å²) >= 11 is 5.90. The van der Waals surface area contributed by atoms with Crippen molar-refractivity contribution in [3.63, 3.8) is 0 Å². The number of nitrogens with zero attached hydrogens (tertiary/aromatic N) is 3. The number of fused-ring (bicyclic) bond motifs is 2. The van der Waals surface area contributed by atoms with Gasteiger partial charge < -0.3 is 15.7 Å². The molecule has 136 valence electrons. The molecule has 0 radical (unpaired) electrons. The molecule has 2 aromatic heterocycles. The van der Waals surface area contributed by atoms with Gasteiger partial charge in [0.25, 0.3) is 5.56 Å². The van der Waals surface area contributed by atoms with Gasteiger partial charge in [-0.25, -0.2) is 14.8 Å². The Bertz CT molecular complexity index is 950. The number of hydrogen-bond donors (Lipinski definition) is 3. The summed E-state index contributed by atoms with van der Waals surface area (Å²) in [7, 11) is 0. The molecule has 9 heteroatoms. The number of carboxylic acid groups (broad SMARTS) is 1. The van der Waals surface area contributed by atoms with Gasteiger partial charge in [-0.05, 0) is 37.8 Å². The van der Waals surface area contributed by atoms with Crippen molar-refractivity contribution in [2.75, 3.05) is 23.7 Å². The van der Waals surface area contributed by atoms with Crippen LogP contribution >= 0.6 is 11.6 Å². The highest BCUT2D eigenvalue weighted by atomic mass is 35.5. The zero-order chi connectivity index (χ0) is 18.5. The number of anilines is 2. The molecule has 4 N–H and O–H groups in total. The second-order valence-corrected chi connectivity index (χ2v) is 7.26. The normalized spacial score (nSPS) is 18.1. The minimum Gasteiger partial charge on any atom is -0.476 e. The summed E-state index contributed by atoms with van der Waals surface area (Å²) in [4.78, 5) is 36.6. The zero-order valence-electron chi connectivity index (χ0n) is 14.0. The third kappa shape index (κ3) is 2.61. The van der Waals surface area contributed by atoms with Gasteiger partial charge in [-0.2, -0.15) is 0 Å². The number of piperidine rings is 1. The molecule has 0 aromatic carbocycles. The molecule has 1 aliphatic carbocycles. The maximum Gasteiger partial charge on any atom is 0.356 e. The fraction of sp³-hybridized carbons (Fsp3) is 0.412. The topological polar surface area (TPSA) is 125 Å². The third-order valence-corrected chi connectivity index (χ3v) is 5.77. The maximum atomic E-state index is 12.1. The highest BCUT2D eigenvalue weighted by Gasteiger charge is 2.44. The molecule has 0 atom stereocenters. The number of rotatable bonds is 2. The van der Waals surface area contributed by atoms with E-state index >= 15 is 0 Å². The lowest BCUT2D eigenvalue weighted by atomic mass is 9.76. The van der Waals surface area contributed by atoms with Gasteiger partial charge in [-0.15, -0.1) is 0 Å². The van der Waals surface area contributed by atoms with Crippen molar-refractivity contribution >= 4 is 29.3 Å². The summed E-state index contributed by atoms with van der Waals surface area (Å²) < 4.78 is 0.